The van der Waals surface area contributed by atoms with Crippen LogP contribution in [0.3, 0.4) is 0 Å². The molecule has 0 aliphatic carbocycles. The van der Waals surface area contributed by atoms with Gasteiger partial charge in [0.15, 0.2) is 0 Å². The first-order valence-electron chi connectivity index (χ1n) is 7.27. The Balaban J connectivity index is 1.78. The van der Waals surface area contributed by atoms with E-state index in [2.05, 4.69) is 10.3 Å². The summed E-state index contributed by atoms with van der Waals surface area (Å²) in [5.74, 6) is 0.236. The van der Waals surface area contributed by atoms with Crippen LogP contribution in [-0.4, -0.2) is 33.2 Å². The van der Waals surface area contributed by atoms with E-state index >= 15 is 0 Å². The maximum atomic E-state index is 11.5. The van der Waals surface area contributed by atoms with Crippen LogP contribution in [0.15, 0.2) is 54.7 Å². The van der Waals surface area contributed by atoms with Crippen molar-refractivity contribution in [2.75, 3.05) is 7.11 Å². The van der Waals surface area contributed by atoms with Crippen molar-refractivity contribution in [3.8, 4) is 17.0 Å². The van der Waals surface area contributed by atoms with E-state index in [0.717, 1.165) is 16.9 Å². The van der Waals surface area contributed by atoms with E-state index in [1.807, 2.05) is 30.3 Å². The number of aromatic nitrogens is 3. The van der Waals surface area contributed by atoms with Gasteiger partial charge >= 0.3 is 0 Å². The second-order valence-electron chi connectivity index (χ2n) is 5.17. The van der Waals surface area contributed by atoms with Crippen molar-refractivity contribution in [3.05, 3.63) is 65.9 Å². The number of carbonyl (C=O) groups is 1. The van der Waals surface area contributed by atoms with Gasteiger partial charge in [-0.1, -0.05) is 29.5 Å². The van der Waals surface area contributed by atoms with Crippen LogP contribution in [0.5, 0.6) is 5.75 Å². The smallest absolute Gasteiger partial charge is 0.274 e. The van der Waals surface area contributed by atoms with Crippen molar-refractivity contribution >= 4 is 5.91 Å². The van der Waals surface area contributed by atoms with Gasteiger partial charge in [0.25, 0.3) is 5.91 Å². The SMILES string of the molecule is COc1ccc(Cn2cc(-c3cccc(C(=O)NO)c3)nn2)cc1. The molecule has 0 fully saturated rings. The summed E-state index contributed by atoms with van der Waals surface area (Å²) in [7, 11) is 1.63. The summed E-state index contributed by atoms with van der Waals surface area (Å²) < 4.78 is 6.85. The number of carbonyl (C=O) groups excluding carboxylic acids is 1. The van der Waals surface area contributed by atoms with Gasteiger partial charge in [0, 0.05) is 11.1 Å². The predicted octanol–water partition coefficient (Wildman–Crippen LogP) is 2.12. The Morgan fingerprint density at radius 2 is 2.04 bits per heavy atom. The molecule has 0 spiro atoms. The predicted molar refractivity (Wildman–Crippen MR) is 86.8 cm³/mol. The summed E-state index contributed by atoms with van der Waals surface area (Å²) in [6.45, 7) is 0.577. The van der Waals surface area contributed by atoms with E-state index in [1.54, 1.807) is 41.7 Å². The molecule has 0 saturated heterocycles. The monoisotopic (exact) mass is 324 g/mol. The molecule has 0 aliphatic rings. The number of hydrogen-bond acceptors (Lipinski definition) is 5. The van der Waals surface area contributed by atoms with E-state index in [4.69, 9.17) is 9.94 Å². The molecule has 1 aromatic heterocycles. The zero-order chi connectivity index (χ0) is 16.9. The summed E-state index contributed by atoms with van der Waals surface area (Å²) in [5.41, 5.74) is 4.43. The van der Waals surface area contributed by atoms with Crippen LogP contribution >= 0.6 is 0 Å². The summed E-state index contributed by atoms with van der Waals surface area (Å²) in [6, 6.07) is 14.5. The number of methoxy groups -OCH3 is 1. The van der Waals surface area contributed by atoms with Crippen molar-refractivity contribution in [1.29, 1.82) is 0 Å². The van der Waals surface area contributed by atoms with E-state index in [9.17, 15) is 4.79 Å². The van der Waals surface area contributed by atoms with Crippen molar-refractivity contribution in [1.82, 2.24) is 20.5 Å². The van der Waals surface area contributed by atoms with Crippen LogP contribution in [0.1, 0.15) is 15.9 Å². The lowest BCUT2D eigenvalue weighted by atomic mass is 10.1. The number of ether oxygens (including phenoxy) is 1. The zero-order valence-electron chi connectivity index (χ0n) is 13.0. The molecule has 1 amide bonds. The normalized spacial score (nSPS) is 10.4. The average Bonchev–Trinajstić information content (AvgIpc) is 3.10. The van der Waals surface area contributed by atoms with Crippen LogP contribution in [0, 0.1) is 0 Å². The van der Waals surface area contributed by atoms with Crippen molar-refractivity contribution in [2.24, 2.45) is 0 Å². The highest BCUT2D eigenvalue weighted by molar-refractivity contribution is 5.94. The first-order valence-corrected chi connectivity index (χ1v) is 7.27. The maximum Gasteiger partial charge on any atom is 0.274 e. The first-order chi connectivity index (χ1) is 11.7. The van der Waals surface area contributed by atoms with Gasteiger partial charge in [-0.3, -0.25) is 10.0 Å². The Bertz CT molecular complexity index is 843. The van der Waals surface area contributed by atoms with Crippen LogP contribution in [0.25, 0.3) is 11.3 Å². The van der Waals surface area contributed by atoms with Crippen molar-refractivity contribution < 1.29 is 14.7 Å². The number of nitrogens with one attached hydrogen (secondary N) is 1. The third-order valence-corrected chi connectivity index (χ3v) is 3.56. The molecule has 24 heavy (non-hydrogen) atoms. The highest BCUT2D eigenvalue weighted by Gasteiger charge is 2.09. The molecule has 0 atom stereocenters. The fraction of sp³-hybridized carbons (Fsp3) is 0.118. The van der Waals surface area contributed by atoms with Crippen LogP contribution in [0.4, 0.5) is 0 Å². The molecule has 0 radical (unpaired) electrons. The average molecular weight is 324 g/mol. The Morgan fingerprint density at radius 3 is 2.75 bits per heavy atom. The first kappa shape index (κ1) is 15.7. The van der Waals surface area contributed by atoms with Crippen LogP contribution in [-0.2, 0) is 6.54 Å². The zero-order valence-corrected chi connectivity index (χ0v) is 13.0. The fourth-order valence-corrected chi connectivity index (χ4v) is 2.31. The van der Waals surface area contributed by atoms with E-state index < -0.39 is 5.91 Å². The lowest BCUT2D eigenvalue weighted by Crippen LogP contribution is -2.18. The van der Waals surface area contributed by atoms with Gasteiger partial charge in [0.2, 0.25) is 0 Å². The van der Waals surface area contributed by atoms with Gasteiger partial charge in [0.1, 0.15) is 11.4 Å². The number of benzene rings is 2. The highest BCUT2D eigenvalue weighted by atomic mass is 16.5. The van der Waals surface area contributed by atoms with Gasteiger partial charge < -0.3 is 4.74 Å². The summed E-state index contributed by atoms with van der Waals surface area (Å²) >= 11 is 0. The third kappa shape index (κ3) is 3.41. The fourth-order valence-electron chi connectivity index (χ4n) is 2.31. The topological polar surface area (TPSA) is 89.3 Å². The minimum atomic E-state index is -0.567. The van der Waals surface area contributed by atoms with Crippen LogP contribution in [0.2, 0.25) is 0 Å². The lowest BCUT2D eigenvalue weighted by Gasteiger charge is -2.03. The van der Waals surface area contributed by atoms with E-state index in [-0.39, 0.29) is 0 Å². The second-order valence-corrected chi connectivity index (χ2v) is 5.17. The van der Waals surface area contributed by atoms with Gasteiger partial charge in [-0.25, -0.2) is 10.2 Å². The molecule has 0 bridgehead atoms. The number of nitrogens with zero attached hydrogens (tertiary/aromatic N) is 3. The molecule has 0 aliphatic heterocycles. The third-order valence-electron chi connectivity index (χ3n) is 3.56. The number of hydrogen-bond donors (Lipinski definition) is 2. The molecule has 7 nitrogen and oxygen atoms in total. The number of hydroxylamine groups is 1. The standard InChI is InChI=1S/C17H16N4O3/c1-24-15-7-5-12(6-8-15)10-21-11-16(18-20-21)13-3-2-4-14(9-13)17(22)19-23/h2-9,11,23H,10H2,1H3,(H,19,22). The molecule has 1 heterocycles. The molecule has 3 aromatic rings. The Hall–Kier alpha value is -3.19. The van der Waals surface area contributed by atoms with Gasteiger partial charge in [0.05, 0.1) is 19.9 Å². The summed E-state index contributed by atoms with van der Waals surface area (Å²) in [6.07, 6.45) is 1.81. The van der Waals surface area contributed by atoms with Gasteiger partial charge in [-0.2, -0.15) is 0 Å². The van der Waals surface area contributed by atoms with E-state index in [0.29, 0.717) is 17.8 Å². The Morgan fingerprint density at radius 1 is 1.25 bits per heavy atom. The quantitative estimate of drug-likeness (QED) is 0.554. The summed E-state index contributed by atoms with van der Waals surface area (Å²) in [4.78, 5) is 11.5. The summed E-state index contributed by atoms with van der Waals surface area (Å²) in [5, 5.41) is 17.0. The molecule has 2 aromatic carbocycles. The number of rotatable bonds is 5. The highest BCUT2D eigenvalue weighted by Crippen LogP contribution is 2.18. The molecule has 3 rings (SSSR count). The molecular formula is C17H16N4O3. The molecule has 2 N–H and O–H groups in total. The van der Waals surface area contributed by atoms with Crippen molar-refractivity contribution in [3.63, 3.8) is 0 Å². The second kappa shape index (κ2) is 6.93. The minimum absolute atomic E-state index is 0.347. The van der Waals surface area contributed by atoms with E-state index in [1.165, 1.54) is 0 Å². The Labute approximate surface area is 138 Å². The maximum absolute atomic E-state index is 11.5. The largest absolute Gasteiger partial charge is 0.497 e. The molecular weight excluding hydrogens is 308 g/mol. The van der Waals surface area contributed by atoms with Crippen LogP contribution < -0.4 is 10.2 Å². The van der Waals surface area contributed by atoms with Crippen molar-refractivity contribution in [2.45, 2.75) is 6.54 Å². The Kier molecular flexibility index (Phi) is 4.53. The van der Waals surface area contributed by atoms with Gasteiger partial charge in [-0.15, -0.1) is 5.10 Å². The molecule has 0 unspecified atom stereocenters. The lowest BCUT2D eigenvalue weighted by molar-refractivity contribution is 0.0706. The molecule has 122 valence electrons. The minimum Gasteiger partial charge on any atom is -0.497 e. The molecule has 7 heteroatoms. The van der Waals surface area contributed by atoms with Gasteiger partial charge in [-0.05, 0) is 29.8 Å². The number of amides is 1. The molecule has 0 saturated carbocycles.